The van der Waals surface area contributed by atoms with Gasteiger partial charge in [-0.25, -0.2) is 0 Å². The van der Waals surface area contributed by atoms with Crippen LogP contribution in [-0.2, 0) is 6.61 Å². The third-order valence-corrected chi connectivity index (χ3v) is 5.46. The van der Waals surface area contributed by atoms with E-state index < -0.39 is 0 Å². The number of ether oxygens (including phenoxy) is 2. The topological polar surface area (TPSA) is 42.0 Å². The first-order valence-corrected chi connectivity index (χ1v) is 10.7. The van der Waals surface area contributed by atoms with E-state index in [0.717, 1.165) is 55.3 Å². The van der Waals surface area contributed by atoms with Crippen molar-refractivity contribution in [1.82, 2.24) is 9.80 Å². The number of carbonyl (C=O) groups excluding carboxylic acids is 1. The highest BCUT2D eigenvalue weighted by Crippen LogP contribution is 2.17. The van der Waals surface area contributed by atoms with Crippen LogP contribution in [0, 0.1) is 0 Å². The number of para-hydroxylation sites is 2. The first kappa shape index (κ1) is 20.9. The highest BCUT2D eigenvalue weighted by Gasteiger charge is 2.23. The van der Waals surface area contributed by atoms with Crippen LogP contribution < -0.4 is 9.47 Å². The van der Waals surface area contributed by atoms with Crippen molar-refractivity contribution >= 4 is 5.91 Å². The predicted molar refractivity (Wildman–Crippen MR) is 121 cm³/mol. The van der Waals surface area contributed by atoms with Gasteiger partial charge in [-0.15, -0.1) is 0 Å². The molecule has 31 heavy (non-hydrogen) atoms. The summed E-state index contributed by atoms with van der Waals surface area (Å²) in [5.74, 6) is 1.77. The number of hydrogen-bond acceptors (Lipinski definition) is 4. The van der Waals surface area contributed by atoms with Crippen LogP contribution >= 0.6 is 0 Å². The number of benzene rings is 3. The van der Waals surface area contributed by atoms with E-state index in [9.17, 15) is 4.79 Å². The highest BCUT2D eigenvalue weighted by molar-refractivity contribution is 5.95. The quantitative estimate of drug-likeness (QED) is 0.554. The van der Waals surface area contributed by atoms with E-state index in [1.165, 1.54) is 0 Å². The molecule has 0 spiro atoms. The van der Waals surface area contributed by atoms with E-state index in [4.69, 9.17) is 9.47 Å². The predicted octanol–water partition coefficient (Wildman–Crippen LogP) is 4.10. The third-order valence-electron chi connectivity index (χ3n) is 5.46. The number of rotatable bonds is 8. The third kappa shape index (κ3) is 5.86. The van der Waals surface area contributed by atoms with Crippen molar-refractivity contribution in [2.24, 2.45) is 0 Å². The largest absolute Gasteiger partial charge is 0.492 e. The summed E-state index contributed by atoms with van der Waals surface area (Å²) in [5.41, 5.74) is 1.63. The van der Waals surface area contributed by atoms with Gasteiger partial charge in [0.25, 0.3) is 5.91 Å². The lowest BCUT2D eigenvalue weighted by Crippen LogP contribution is -2.49. The van der Waals surface area contributed by atoms with E-state index in [1.807, 2.05) is 89.8 Å². The Morgan fingerprint density at radius 1 is 0.710 bits per heavy atom. The second-order valence-electron chi connectivity index (χ2n) is 7.55. The van der Waals surface area contributed by atoms with Crippen LogP contribution in [0.25, 0.3) is 0 Å². The second kappa shape index (κ2) is 10.6. The molecule has 160 valence electrons. The van der Waals surface area contributed by atoms with Crippen molar-refractivity contribution in [2.75, 3.05) is 39.3 Å². The molecule has 0 saturated carbocycles. The number of carbonyl (C=O) groups is 1. The SMILES string of the molecule is O=C(c1ccccc1COc1ccccc1)N1CCN(CCOc2ccccc2)CC1. The summed E-state index contributed by atoms with van der Waals surface area (Å²) >= 11 is 0. The Bertz CT molecular complexity index is 955. The summed E-state index contributed by atoms with van der Waals surface area (Å²) in [6.45, 7) is 5.04. The molecule has 5 nitrogen and oxygen atoms in total. The number of hydrogen-bond donors (Lipinski definition) is 0. The Hall–Kier alpha value is -3.31. The fourth-order valence-corrected chi connectivity index (χ4v) is 3.69. The van der Waals surface area contributed by atoms with Gasteiger partial charge in [0, 0.05) is 43.9 Å². The molecule has 0 aliphatic carbocycles. The summed E-state index contributed by atoms with van der Waals surface area (Å²) in [6, 6.07) is 27.3. The maximum Gasteiger partial charge on any atom is 0.254 e. The van der Waals surface area contributed by atoms with Crippen LogP contribution in [0.15, 0.2) is 84.9 Å². The van der Waals surface area contributed by atoms with Gasteiger partial charge in [-0.1, -0.05) is 54.6 Å². The summed E-state index contributed by atoms with van der Waals surface area (Å²) in [7, 11) is 0. The fourth-order valence-electron chi connectivity index (χ4n) is 3.69. The molecule has 4 rings (SSSR count). The summed E-state index contributed by atoms with van der Waals surface area (Å²) in [4.78, 5) is 17.4. The molecule has 0 atom stereocenters. The zero-order chi connectivity index (χ0) is 21.3. The Balaban J connectivity index is 1.27. The second-order valence-corrected chi connectivity index (χ2v) is 7.55. The van der Waals surface area contributed by atoms with E-state index in [0.29, 0.717) is 13.2 Å². The van der Waals surface area contributed by atoms with Gasteiger partial charge in [-0.05, 0) is 30.3 Å². The monoisotopic (exact) mass is 416 g/mol. The molecule has 1 heterocycles. The van der Waals surface area contributed by atoms with Gasteiger partial charge in [-0.2, -0.15) is 0 Å². The van der Waals surface area contributed by atoms with Crippen LogP contribution in [0.5, 0.6) is 11.5 Å². The normalized spacial score (nSPS) is 14.3. The molecular formula is C26H28N2O3. The van der Waals surface area contributed by atoms with Crippen molar-refractivity contribution < 1.29 is 14.3 Å². The summed E-state index contributed by atoms with van der Waals surface area (Å²) < 4.78 is 11.7. The van der Waals surface area contributed by atoms with Gasteiger partial charge < -0.3 is 14.4 Å². The minimum Gasteiger partial charge on any atom is -0.492 e. The summed E-state index contributed by atoms with van der Waals surface area (Å²) in [5, 5.41) is 0. The van der Waals surface area contributed by atoms with Crippen LogP contribution in [-0.4, -0.2) is 55.0 Å². The number of nitrogens with zero attached hydrogens (tertiary/aromatic N) is 2. The van der Waals surface area contributed by atoms with E-state index in [-0.39, 0.29) is 5.91 Å². The van der Waals surface area contributed by atoms with Gasteiger partial charge >= 0.3 is 0 Å². The standard InChI is InChI=1S/C26H28N2O3/c29-26(25-14-8-7-9-22(25)21-31-24-12-5-2-6-13-24)28-17-15-27(16-18-28)19-20-30-23-10-3-1-4-11-23/h1-14H,15-21H2. The lowest BCUT2D eigenvalue weighted by Gasteiger charge is -2.35. The van der Waals surface area contributed by atoms with Crippen LogP contribution in [0.1, 0.15) is 15.9 Å². The average Bonchev–Trinajstić information content (AvgIpc) is 2.84. The van der Waals surface area contributed by atoms with Crippen molar-refractivity contribution in [2.45, 2.75) is 6.61 Å². The molecule has 3 aromatic rings. The van der Waals surface area contributed by atoms with Crippen LogP contribution in [0.4, 0.5) is 0 Å². The van der Waals surface area contributed by atoms with Gasteiger partial charge in [0.05, 0.1) is 0 Å². The van der Waals surface area contributed by atoms with E-state index in [2.05, 4.69) is 4.90 Å². The molecule has 0 N–H and O–H groups in total. The molecule has 1 aliphatic rings. The maximum atomic E-state index is 13.2. The molecular weight excluding hydrogens is 388 g/mol. The number of amides is 1. The zero-order valence-corrected chi connectivity index (χ0v) is 17.7. The Morgan fingerprint density at radius 3 is 1.97 bits per heavy atom. The maximum absolute atomic E-state index is 13.2. The number of piperazine rings is 1. The fraction of sp³-hybridized carbons (Fsp3) is 0.269. The van der Waals surface area contributed by atoms with Crippen molar-refractivity contribution in [3.63, 3.8) is 0 Å². The van der Waals surface area contributed by atoms with Crippen molar-refractivity contribution in [1.29, 1.82) is 0 Å². The molecule has 1 aliphatic heterocycles. The first-order valence-electron chi connectivity index (χ1n) is 10.7. The highest BCUT2D eigenvalue weighted by atomic mass is 16.5. The van der Waals surface area contributed by atoms with Gasteiger partial charge in [0.2, 0.25) is 0 Å². The van der Waals surface area contributed by atoms with E-state index in [1.54, 1.807) is 0 Å². The first-order chi connectivity index (χ1) is 15.3. The molecule has 3 aromatic carbocycles. The van der Waals surface area contributed by atoms with Gasteiger partial charge in [0.1, 0.15) is 24.7 Å². The average molecular weight is 417 g/mol. The smallest absolute Gasteiger partial charge is 0.254 e. The molecule has 0 unspecified atom stereocenters. The molecule has 1 amide bonds. The molecule has 0 aromatic heterocycles. The zero-order valence-electron chi connectivity index (χ0n) is 17.7. The Labute approximate surface area is 183 Å². The minimum absolute atomic E-state index is 0.0763. The van der Waals surface area contributed by atoms with Crippen molar-refractivity contribution in [3.8, 4) is 11.5 Å². The molecule has 5 heteroatoms. The lowest BCUT2D eigenvalue weighted by atomic mass is 10.1. The Morgan fingerprint density at radius 2 is 1.29 bits per heavy atom. The molecule has 1 saturated heterocycles. The molecule has 0 radical (unpaired) electrons. The minimum atomic E-state index is 0.0763. The van der Waals surface area contributed by atoms with Crippen LogP contribution in [0.2, 0.25) is 0 Å². The van der Waals surface area contributed by atoms with Crippen molar-refractivity contribution in [3.05, 3.63) is 96.1 Å². The Kier molecular flexibility index (Phi) is 7.19. The lowest BCUT2D eigenvalue weighted by molar-refractivity contribution is 0.0618. The molecule has 1 fully saturated rings. The molecule has 0 bridgehead atoms. The summed E-state index contributed by atoms with van der Waals surface area (Å²) in [6.07, 6.45) is 0. The van der Waals surface area contributed by atoms with Gasteiger partial charge in [0.15, 0.2) is 0 Å². The van der Waals surface area contributed by atoms with E-state index >= 15 is 0 Å². The van der Waals surface area contributed by atoms with Crippen LogP contribution in [0.3, 0.4) is 0 Å². The van der Waals surface area contributed by atoms with Gasteiger partial charge in [-0.3, -0.25) is 9.69 Å².